The summed E-state index contributed by atoms with van der Waals surface area (Å²) in [4.78, 5) is 56.4. The topological polar surface area (TPSA) is 86.8 Å². The van der Waals surface area contributed by atoms with Crippen molar-refractivity contribution < 1.29 is 19.2 Å². The molecule has 7 heteroatoms. The van der Waals surface area contributed by atoms with E-state index in [0.29, 0.717) is 19.3 Å². The van der Waals surface area contributed by atoms with Gasteiger partial charge >= 0.3 is 0 Å². The predicted octanol–water partition coefficient (Wildman–Crippen LogP) is 4.19. The highest BCUT2D eigenvalue weighted by Crippen LogP contribution is 2.35. The molecule has 2 aromatic rings. The van der Waals surface area contributed by atoms with Crippen molar-refractivity contribution in [2.45, 2.75) is 71.5 Å². The standard InChI is InChI=1S/C32H39N3O4/c1-4-23(3)33-30(37)28(20-24-12-6-5-7-13-24)35(21-25-14-10-11-22(2)19-25)29(36)17-18-34-31(38)26-15-8-9-16-27(26)32(34)39/h5-14,19,23,26-28H,4,15-18,20-21H2,1-3H3,(H,33,37)/t23-,26-,27+,28+/m0/s1. The number of nitrogens with one attached hydrogen (secondary N) is 1. The van der Waals surface area contributed by atoms with Gasteiger partial charge in [0.1, 0.15) is 6.04 Å². The average molecular weight is 530 g/mol. The fourth-order valence-corrected chi connectivity index (χ4v) is 5.44. The maximum atomic E-state index is 13.9. The third kappa shape index (κ3) is 6.83. The second kappa shape index (κ2) is 12.9. The SMILES string of the molecule is CC[C@H](C)NC(=O)[C@@H](Cc1ccccc1)N(Cc1cccc(C)c1)C(=O)CCN1C(=O)[C@H]2CC=CC[C@H]2C1=O. The molecule has 4 amide bonds. The van der Waals surface area contributed by atoms with Crippen LogP contribution in [0.1, 0.15) is 56.2 Å². The quantitative estimate of drug-likeness (QED) is 0.349. The zero-order chi connectivity index (χ0) is 27.9. The van der Waals surface area contributed by atoms with Crippen LogP contribution in [0.25, 0.3) is 0 Å². The molecule has 0 unspecified atom stereocenters. The van der Waals surface area contributed by atoms with Gasteiger partial charge in [-0.3, -0.25) is 24.1 Å². The molecule has 7 nitrogen and oxygen atoms in total. The monoisotopic (exact) mass is 529 g/mol. The van der Waals surface area contributed by atoms with Gasteiger partial charge in [-0.05, 0) is 44.2 Å². The number of amides is 4. The maximum absolute atomic E-state index is 13.9. The summed E-state index contributed by atoms with van der Waals surface area (Å²) in [6.07, 6.45) is 6.13. The van der Waals surface area contributed by atoms with Crippen LogP contribution in [-0.2, 0) is 32.1 Å². The molecule has 0 saturated carbocycles. The molecule has 1 heterocycles. The summed E-state index contributed by atoms with van der Waals surface area (Å²) in [5, 5.41) is 3.07. The molecule has 206 valence electrons. The van der Waals surface area contributed by atoms with E-state index in [1.54, 1.807) is 4.90 Å². The van der Waals surface area contributed by atoms with E-state index >= 15 is 0 Å². The van der Waals surface area contributed by atoms with Crippen molar-refractivity contribution in [2.75, 3.05) is 6.54 Å². The Bertz CT molecular complexity index is 1200. The number of hydrogen-bond acceptors (Lipinski definition) is 4. The molecular formula is C32H39N3O4. The van der Waals surface area contributed by atoms with Gasteiger partial charge in [0.15, 0.2) is 0 Å². The lowest BCUT2D eigenvalue weighted by Crippen LogP contribution is -2.52. The van der Waals surface area contributed by atoms with E-state index in [0.717, 1.165) is 23.1 Å². The van der Waals surface area contributed by atoms with Crippen LogP contribution in [0.5, 0.6) is 0 Å². The van der Waals surface area contributed by atoms with E-state index in [4.69, 9.17) is 0 Å². The minimum Gasteiger partial charge on any atom is -0.352 e. The average Bonchev–Trinajstić information content (AvgIpc) is 3.18. The smallest absolute Gasteiger partial charge is 0.243 e. The van der Waals surface area contributed by atoms with Crippen LogP contribution in [0.4, 0.5) is 0 Å². The molecule has 0 radical (unpaired) electrons. The highest BCUT2D eigenvalue weighted by atomic mass is 16.2. The number of aryl methyl sites for hydroxylation is 1. The molecule has 0 bridgehead atoms. The lowest BCUT2D eigenvalue weighted by Gasteiger charge is -2.33. The number of allylic oxidation sites excluding steroid dienone is 2. The zero-order valence-corrected chi connectivity index (χ0v) is 23.1. The third-order valence-corrected chi connectivity index (χ3v) is 7.86. The van der Waals surface area contributed by atoms with Crippen molar-refractivity contribution in [2.24, 2.45) is 11.8 Å². The number of hydrogen-bond donors (Lipinski definition) is 1. The minimum atomic E-state index is -0.744. The third-order valence-electron chi connectivity index (χ3n) is 7.86. The van der Waals surface area contributed by atoms with Crippen LogP contribution in [0.2, 0.25) is 0 Å². The van der Waals surface area contributed by atoms with Crippen LogP contribution in [0, 0.1) is 18.8 Å². The van der Waals surface area contributed by atoms with Crippen LogP contribution >= 0.6 is 0 Å². The van der Waals surface area contributed by atoms with Crippen LogP contribution in [0.15, 0.2) is 66.7 Å². The van der Waals surface area contributed by atoms with Crippen molar-refractivity contribution in [1.82, 2.24) is 15.1 Å². The molecule has 1 N–H and O–H groups in total. The van der Waals surface area contributed by atoms with Crippen molar-refractivity contribution >= 4 is 23.6 Å². The largest absolute Gasteiger partial charge is 0.352 e. The van der Waals surface area contributed by atoms with E-state index in [1.807, 2.05) is 87.5 Å². The van der Waals surface area contributed by atoms with E-state index in [9.17, 15) is 19.2 Å². The molecule has 0 spiro atoms. The Morgan fingerprint density at radius 1 is 0.974 bits per heavy atom. The summed E-state index contributed by atoms with van der Waals surface area (Å²) < 4.78 is 0. The second-order valence-corrected chi connectivity index (χ2v) is 10.8. The Balaban J connectivity index is 1.59. The number of benzene rings is 2. The van der Waals surface area contributed by atoms with Crippen molar-refractivity contribution in [3.05, 3.63) is 83.4 Å². The first-order valence-electron chi connectivity index (χ1n) is 14.0. The first-order valence-corrected chi connectivity index (χ1v) is 14.0. The van der Waals surface area contributed by atoms with E-state index in [-0.39, 0.29) is 61.0 Å². The molecule has 0 aromatic heterocycles. The summed E-state index contributed by atoms with van der Waals surface area (Å²) in [5.41, 5.74) is 2.93. The van der Waals surface area contributed by atoms with E-state index in [2.05, 4.69) is 5.32 Å². The predicted molar refractivity (Wildman–Crippen MR) is 150 cm³/mol. The molecule has 4 rings (SSSR count). The Kier molecular flexibility index (Phi) is 9.33. The molecule has 1 aliphatic heterocycles. The number of carbonyl (C=O) groups excluding carboxylic acids is 4. The number of fused-ring (bicyclic) bond motifs is 1. The first-order chi connectivity index (χ1) is 18.8. The normalized spacial score (nSPS) is 19.9. The van der Waals surface area contributed by atoms with Gasteiger partial charge in [0.2, 0.25) is 23.6 Å². The maximum Gasteiger partial charge on any atom is 0.243 e. The first kappa shape index (κ1) is 28.3. The van der Waals surface area contributed by atoms with Gasteiger partial charge in [-0.1, -0.05) is 79.2 Å². The number of nitrogens with zero attached hydrogens (tertiary/aromatic N) is 2. The van der Waals surface area contributed by atoms with E-state index < -0.39 is 6.04 Å². The molecule has 1 aliphatic carbocycles. The van der Waals surface area contributed by atoms with E-state index in [1.165, 1.54) is 4.90 Å². The fourth-order valence-electron chi connectivity index (χ4n) is 5.44. The molecule has 4 atom stereocenters. The second-order valence-electron chi connectivity index (χ2n) is 10.8. The van der Waals surface area contributed by atoms with Gasteiger partial charge in [0.05, 0.1) is 11.8 Å². The summed E-state index contributed by atoms with van der Waals surface area (Å²) in [6.45, 7) is 6.22. The summed E-state index contributed by atoms with van der Waals surface area (Å²) >= 11 is 0. The van der Waals surface area contributed by atoms with Gasteiger partial charge in [0.25, 0.3) is 0 Å². The van der Waals surface area contributed by atoms with Crippen molar-refractivity contribution in [3.8, 4) is 0 Å². The van der Waals surface area contributed by atoms with Crippen LogP contribution in [0.3, 0.4) is 0 Å². The fraction of sp³-hybridized carbons (Fsp3) is 0.438. The van der Waals surface area contributed by atoms with Gasteiger partial charge < -0.3 is 10.2 Å². The number of rotatable bonds is 11. The zero-order valence-electron chi connectivity index (χ0n) is 23.1. The molecule has 2 aliphatic rings. The van der Waals surface area contributed by atoms with Gasteiger partial charge in [-0.15, -0.1) is 0 Å². The lowest BCUT2D eigenvalue weighted by molar-refractivity contribution is -0.144. The lowest BCUT2D eigenvalue weighted by atomic mass is 9.85. The van der Waals surface area contributed by atoms with Crippen LogP contribution in [-0.4, -0.2) is 52.1 Å². The molecule has 1 fully saturated rings. The molecule has 1 saturated heterocycles. The minimum absolute atomic E-state index is 0.0266. The van der Waals surface area contributed by atoms with Gasteiger partial charge in [0, 0.05) is 32.0 Å². The molecule has 39 heavy (non-hydrogen) atoms. The van der Waals surface area contributed by atoms with Crippen molar-refractivity contribution in [3.63, 3.8) is 0 Å². The van der Waals surface area contributed by atoms with Crippen LogP contribution < -0.4 is 5.32 Å². The Labute approximate surface area is 231 Å². The number of carbonyl (C=O) groups is 4. The summed E-state index contributed by atoms with van der Waals surface area (Å²) in [6, 6.07) is 16.8. The highest BCUT2D eigenvalue weighted by molar-refractivity contribution is 6.05. The Morgan fingerprint density at radius 2 is 1.62 bits per heavy atom. The Morgan fingerprint density at radius 3 is 2.23 bits per heavy atom. The van der Waals surface area contributed by atoms with Gasteiger partial charge in [-0.25, -0.2) is 0 Å². The number of likely N-dealkylation sites (tertiary alicyclic amines) is 1. The molecular weight excluding hydrogens is 490 g/mol. The number of imide groups is 1. The molecule has 2 aromatic carbocycles. The summed E-state index contributed by atoms with van der Waals surface area (Å²) in [7, 11) is 0. The van der Waals surface area contributed by atoms with Crippen molar-refractivity contribution in [1.29, 1.82) is 0 Å². The highest BCUT2D eigenvalue weighted by Gasteiger charge is 2.47. The summed E-state index contributed by atoms with van der Waals surface area (Å²) in [5.74, 6) is -1.50. The Hall–Kier alpha value is -3.74. The van der Waals surface area contributed by atoms with Gasteiger partial charge in [-0.2, -0.15) is 0 Å².